The maximum Gasteiger partial charge on any atom is 0.141 e. The molecule has 0 bridgehead atoms. The van der Waals surface area contributed by atoms with E-state index in [9.17, 15) is 4.39 Å². The third-order valence-corrected chi connectivity index (χ3v) is 6.97. The molecule has 0 N–H and O–H groups in total. The summed E-state index contributed by atoms with van der Waals surface area (Å²) in [7, 11) is 0. The summed E-state index contributed by atoms with van der Waals surface area (Å²) < 4.78 is 19.2. The van der Waals surface area contributed by atoms with Gasteiger partial charge in [0.25, 0.3) is 0 Å². The zero-order chi connectivity index (χ0) is 21.6. The Morgan fingerprint density at radius 2 is 1.90 bits per heavy atom. The Morgan fingerprint density at radius 3 is 2.50 bits per heavy atom. The van der Waals surface area contributed by atoms with Crippen LogP contribution < -0.4 is 0 Å². The number of nitrogens with zero attached hydrogens (tertiary/aromatic N) is 3. The summed E-state index contributed by atoms with van der Waals surface area (Å²) in [6, 6.07) is 7.68. The highest BCUT2D eigenvalue weighted by Crippen LogP contribution is 2.44. The van der Waals surface area contributed by atoms with Crippen molar-refractivity contribution in [3.05, 3.63) is 59.4 Å². The van der Waals surface area contributed by atoms with Crippen molar-refractivity contribution in [2.75, 3.05) is 26.3 Å². The second-order valence-corrected chi connectivity index (χ2v) is 8.70. The fourth-order valence-electron chi connectivity index (χ4n) is 4.99. The van der Waals surface area contributed by atoms with E-state index in [1.165, 1.54) is 17.8 Å². The lowest BCUT2D eigenvalue weighted by Gasteiger charge is -2.42. The zero-order valence-electron chi connectivity index (χ0n) is 19.0. The summed E-state index contributed by atoms with van der Waals surface area (Å²) in [5.74, 6) is -0.280. The molecule has 0 saturated carbocycles. The maximum absolute atomic E-state index is 13.2. The first-order valence-corrected chi connectivity index (χ1v) is 11.3. The highest BCUT2D eigenvalue weighted by molar-refractivity contribution is 5.24. The van der Waals surface area contributed by atoms with E-state index in [1.54, 1.807) is 6.07 Å². The Labute approximate surface area is 180 Å². The first kappa shape index (κ1) is 22.8. The van der Waals surface area contributed by atoms with Gasteiger partial charge in [0, 0.05) is 41.7 Å². The highest BCUT2D eigenvalue weighted by Gasteiger charge is 2.46. The largest absolute Gasteiger partial charge is 0.381 e. The summed E-state index contributed by atoms with van der Waals surface area (Å²) in [4.78, 5) is 11.5. The van der Waals surface area contributed by atoms with E-state index in [1.807, 2.05) is 6.92 Å². The molecule has 1 fully saturated rings. The Bertz CT molecular complexity index is 789. The standard InChI is InChI=1S/C25H36FN3O/c1-5-25(6-2,21-9-8-20(4)27-16-21)29-15-14-24(18-29,19-30-7-3)13-12-23-11-10-22(26)17-28-23/h8-11,16-17H,5-7,12-15,18-19H2,1-4H3. The number of aryl methyl sites for hydroxylation is 2. The average molecular weight is 414 g/mol. The molecule has 0 aliphatic carbocycles. The third-order valence-electron chi connectivity index (χ3n) is 6.97. The molecule has 2 aromatic heterocycles. The van der Waals surface area contributed by atoms with Gasteiger partial charge in [0.1, 0.15) is 5.82 Å². The number of ether oxygens (including phenoxy) is 1. The van der Waals surface area contributed by atoms with Gasteiger partial charge in [0.2, 0.25) is 0 Å². The van der Waals surface area contributed by atoms with E-state index in [0.717, 1.165) is 69.8 Å². The molecule has 5 heteroatoms. The molecule has 2 aromatic rings. The van der Waals surface area contributed by atoms with E-state index >= 15 is 0 Å². The van der Waals surface area contributed by atoms with Gasteiger partial charge in [-0.25, -0.2) is 4.39 Å². The van der Waals surface area contributed by atoms with E-state index in [-0.39, 0.29) is 16.8 Å². The molecule has 0 aromatic carbocycles. The molecule has 3 rings (SSSR count). The van der Waals surface area contributed by atoms with Crippen LogP contribution in [0.25, 0.3) is 0 Å². The van der Waals surface area contributed by atoms with Crippen molar-refractivity contribution in [3.63, 3.8) is 0 Å². The Kier molecular flexibility index (Phi) is 7.59. The monoisotopic (exact) mass is 413 g/mol. The van der Waals surface area contributed by atoms with E-state index < -0.39 is 0 Å². The van der Waals surface area contributed by atoms with Gasteiger partial charge in [0.05, 0.1) is 12.8 Å². The summed E-state index contributed by atoms with van der Waals surface area (Å²) in [6.45, 7) is 12.2. The molecular weight excluding hydrogens is 377 g/mol. The SMILES string of the molecule is CCOCC1(CCc2ccc(F)cn2)CCN(C(CC)(CC)c2ccc(C)nc2)C1. The number of halogens is 1. The molecule has 0 spiro atoms. The van der Waals surface area contributed by atoms with Gasteiger partial charge in [-0.2, -0.15) is 0 Å². The van der Waals surface area contributed by atoms with Crippen LogP contribution in [0.4, 0.5) is 4.39 Å². The lowest BCUT2D eigenvalue weighted by atomic mass is 9.81. The predicted molar refractivity (Wildman–Crippen MR) is 119 cm³/mol. The van der Waals surface area contributed by atoms with Crippen LogP contribution in [0.15, 0.2) is 36.7 Å². The van der Waals surface area contributed by atoms with Crippen LogP contribution in [-0.2, 0) is 16.7 Å². The first-order chi connectivity index (χ1) is 14.5. The van der Waals surface area contributed by atoms with Crippen molar-refractivity contribution in [2.24, 2.45) is 5.41 Å². The Morgan fingerprint density at radius 1 is 1.10 bits per heavy atom. The molecule has 4 nitrogen and oxygen atoms in total. The van der Waals surface area contributed by atoms with Gasteiger partial charge in [0.15, 0.2) is 0 Å². The molecule has 1 aliphatic heterocycles. The molecule has 3 heterocycles. The molecular formula is C25H36FN3O. The summed E-state index contributed by atoms with van der Waals surface area (Å²) in [5, 5.41) is 0. The van der Waals surface area contributed by atoms with E-state index in [0.29, 0.717) is 0 Å². The van der Waals surface area contributed by atoms with Gasteiger partial charge in [-0.3, -0.25) is 14.9 Å². The van der Waals surface area contributed by atoms with Crippen LogP contribution in [-0.4, -0.2) is 41.2 Å². The Hall–Kier alpha value is -1.85. The second-order valence-electron chi connectivity index (χ2n) is 8.70. The quantitative estimate of drug-likeness (QED) is 0.530. The molecule has 1 unspecified atom stereocenters. The van der Waals surface area contributed by atoms with Crippen molar-refractivity contribution in [1.29, 1.82) is 0 Å². The minimum absolute atomic E-state index is 0.00277. The van der Waals surface area contributed by atoms with Crippen LogP contribution in [0.3, 0.4) is 0 Å². The fourth-order valence-corrected chi connectivity index (χ4v) is 4.99. The molecule has 0 radical (unpaired) electrons. The molecule has 1 aliphatic rings. The van der Waals surface area contributed by atoms with Crippen molar-refractivity contribution < 1.29 is 9.13 Å². The van der Waals surface area contributed by atoms with E-state index in [2.05, 4.69) is 54.0 Å². The molecule has 1 atom stereocenters. The summed E-state index contributed by atoms with van der Waals surface area (Å²) in [6.07, 6.45) is 8.44. The normalized spacial score (nSPS) is 20.0. The predicted octanol–water partition coefficient (Wildman–Crippen LogP) is 5.30. The second kappa shape index (κ2) is 9.97. The number of pyridine rings is 2. The fraction of sp³-hybridized carbons (Fsp3) is 0.600. The molecule has 30 heavy (non-hydrogen) atoms. The minimum atomic E-state index is -0.280. The lowest BCUT2D eigenvalue weighted by Crippen LogP contribution is -2.46. The maximum atomic E-state index is 13.2. The molecule has 164 valence electrons. The number of aromatic nitrogens is 2. The molecule has 1 saturated heterocycles. The van der Waals surface area contributed by atoms with Crippen molar-refractivity contribution >= 4 is 0 Å². The van der Waals surface area contributed by atoms with Crippen molar-refractivity contribution in [3.8, 4) is 0 Å². The minimum Gasteiger partial charge on any atom is -0.381 e. The van der Waals surface area contributed by atoms with Crippen LogP contribution in [0, 0.1) is 18.2 Å². The van der Waals surface area contributed by atoms with Gasteiger partial charge >= 0.3 is 0 Å². The first-order valence-electron chi connectivity index (χ1n) is 11.3. The number of likely N-dealkylation sites (tertiary alicyclic amines) is 1. The van der Waals surface area contributed by atoms with Crippen molar-refractivity contribution in [1.82, 2.24) is 14.9 Å². The van der Waals surface area contributed by atoms with Gasteiger partial charge < -0.3 is 4.74 Å². The smallest absolute Gasteiger partial charge is 0.141 e. The lowest BCUT2D eigenvalue weighted by molar-refractivity contribution is 0.0298. The van der Waals surface area contributed by atoms with Crippen LogP contribution in [0.5, 0.6) is 0 Å². The van der Waals surface area contributed by atoms with Gasteiger partial charge in [-0.05, 0) is 76.3 Å². The number of hydrogen-bond acceptors (Lipinski definition) is 4. The highest BCUT2D eigenvalue weighted by atomic mass is 19.1. The van der Waals surface area contributed by atoms with Crippen LogP contribution >= 0.6 is 0 Å². The number of rotatable bonds is 10. The third kappa shape index (κ3) is 4.89. The van der Waals surface area contributed by atoms with Crippen LogP contribution in [0.1, 0.15) is 63.4 Å². The molecule has 0 amide bonds. The topological polar surface area (TPSA) is 38.2 Å². The van der Waals surface area contributed by atoms with Gasteiger partial charge in [-0.1, -0.05) is 19.9 Å². The number of hydrogen-bond donors (Lipinski definition) is 0. The Balaban J connectivity index is 1.81. The summed E-state index contributed by atoms with van der Waals surface area (Å²) >= 11 is 0. The van der Waals surface area contributed by atoms with Crippen LogP contribution in [0.2, 0.25) is 0 Å². The average Bonchev–Trinajstić information content (AvgIpc) is 3.19. The van der Waals surface area contributed by atoms with E-state index in [4.69, 9.17) is 4.74 Å². The zero-order valence-corrected chi connectivity index (χ0v) is 19.0. The van der Waals surface area contributed by atoms with Crippen molar-refractivity contribution in [2.45, 2.75) is 65.3 Å². The van der Waals surface area contributed by atoms with Gasteiger partial charge in [-0.15, -0.1) is 0 Å². The summed E-state index contributed by atoms with van der Waals surface area (Å²) in [5.41, 5.74) is 3.41.